The topological polar surface area (TPSA) is 51.2 Å². The number of carbonyl (C=O) groups excluding carboxylic acids is 1. The standard InChI is InChI=1S/C14H9F5N2O2/c15-13(16,17)14(18,19)23-11-3-1-10(2-4-11)21-12(22)9-5-7-20-8-6-9/h1-8H,(H,21,22). The van der Waals surface area contributed by atoms with Gasteiger partial charge < -0.3 is 10.1 Å². The number of nitrogens with zero attached hydrogens (tertiary/aromatic N) is 1. The lowest BCUT2D eigenvalue weighted by atomic mass is 10.2. The van der Waals surface area contributed by atoms with E-state index in [1.54, 1.807) is 0 Å². The number of rotatable bonds is 4. The number of aromatic nitrogens is 1. The predicted octanol–water partition coefficient (Wildman–Crippen LogP) is 3.87. The van der Waals surface area contributed by atoms with E-state index >= 15 is 0 Å². The average molecular weight is 332 g/mol. The van der Waals surface area contributed by atoms with Crippen molar-refractivity contribution >= 4 is 11.6 Å². The molecule has 1 aromatic carbocycles. The second-order valence-corrected chi connectivity index (χ2v) is 4.33. The van der Waals surface area contributed by atoms with Crippen LogP contribution in [-0.2, 0) is 0 Å². The number of amides is 1. The molecule has 0 radical (unpaired) electrons. The van der Waals surface area contributed by atoms with E-state index in [0.29, 0.717) is 5.56 Å². The number of anilines is 1. The molecule has 2 rings (SSSR count). The molecule has 0 spiro atoms. The average Bonchev–Trinajstić information content (AvgIpc) is 2.48. The number of pyridine rings is 1. The molecule has 1 aromatic heterocycles. The minimum Gasteiger partial charge on any atom is -0.426 e. The zero-order valence-corrected chi connectivity index (χ0v) is 11.3. The highest BCUT2D eigenvalue weighted by Crippen LogP contribution is 2.37. The summed E-state index contributed by atoms with van der Waals surface area (Å²) in [6, 6.07) is 6.97. The first kappa shape index (κ1) is 16.7. The first-order valence-corrected chi connectivity index (χ1v) is 6.14. The molecule has 4 nitrogen and oxygen atoms in total. The van der Waals surface area contributed by atoms with Crippen molar-refractivity contribution in [2.24, 2.45) is 0 Å². The molecule has 122 valence electrons. The lowest BCUT2D eigenvalue weighted by Gasteiger charge is -2.20. The zero-order chi connectivity index (χ0) is 17.1. The molecule has 0 saturated carbocycles. The van der Waals surface area contributed by atoms with Gasteiger partial charge in [-0.3, -0.25) is 9.78 Å². The summed E-state index contributed by atoms with van der Waals surface area (Å²) in [6.07, 6.45) is -8.30. The number of carbonyl (C=O) groups is 1. The summed E-state index contributed by atoms with van der Waals surface area (Å²) in [5, 5.41) is 2.45. The van der Waals surface area contributed by atoms with E-state index in [1.165, 1.54) is 24.5 Å². The molecule has 0 aliphatic carbocycles. The lowest BCUT2D eigenvalue weighted by molar-refractivity contribution is -0.360. The van der Waals surface area contributed by atoms with Crippen LogP contribution < -0.4 is 10.1 Å². The third kappa shape index (κ3) is 4.15. The Labute approximate surface area is 126 Å². The first-order chi connectivity index (χ1) is 10.7. The Hall–Kier alpha value is -2.71. The number of ether oxygens (including phenoxy) is 1. The summed E-state index contributed by atoms with van der Waals surface area (Å²) in [4.78, 5) is 15.6. The molecular formula is C14H9F5N2O2. The van der Waals surface area contributed by atoms with Crippen LogP contribution in [0.15, 0.2) is 48.8 Å². The molecule has 0 atom stereocenters. The summed E-state index contributed by atoms with van der Waals surface area (Å²) >= 11 is 0. The van der Waals surface area contributed by atoms with Crippen LogP contribution in [0.5, 0.6) is 5.75 Å². The molecule has 1 N–H and O–H groups in total. The Morgan fingerprint density at radius 3 is 2.04 bits per heavy atom. The number of hydrogen-bond acceptors (Lipinski definition) is 3. The molecule has 2 aromatic rings. The number of hydrogen-bond donors (Lipinski definition) is 1. The van der Waals surface area contributed by atoms with Gasteiger partial charge in [0.1, 0.15) is 5.75 Å². The molecule has 1 heterocycles. The lowest BCUT2D eigenvalue weighted by Crippen LogP contribution is -2.41. The van der Waals surface area contributed by atoms with Gasteiger partial charge in [-0.2, -0.15) is 22.0 Å². The van der Waals surface area contributed by atoms with Crippen molar-refractivity contribution in [3.8, 4) is 5.75 Å². The number of halogens is 5. The maximum absolute atomic E-state index is 12.7. The number of benzene rings is 1. The van der Waals surface area contributed by atoms with E-state index in [2.05, 4.69) is 15.0 Å². The van der Waals surface area contributed by atoms with Gasteiger partial charge in [0.25, 0.3) is 5.91 Å². The van der Waals surface area contributed by atoms with E-state index in [4.69, 9.17) is 0 Å². The normalized spacial score (nSPS) is 11.9. The first-order valence-electron chi connectivity index (χ1n) is 6.14. The van der Waals surface area contributed by atoms with Crippen LogP contribution >= 0.6 is 0 Å². The second kappa shape index (κ2) is 6.19. The zero-order valence-electron chi connectivity index (χ0n) is 11.3. The molecular weight excluding hydrogens is 323 g/mol. The third-order valence-corrected chi connectivity index (χ3v) is 2.63. The molecule has 23 heavy (non-hydrogen) atoms. The van der Waals surface area contributed by atoms with Crippen LogP contribution in [0.2, 0.25) is 0 Å². The van der Waals surface area contributed by atoms with Crippen molar-refractivity contribution in [2.75, 3.05) is 5.32 Å². The van der Waals surface area contributed by atoms with Gasteiger partial charge in [-0.15, -0.1) is 0 Å². The third-order valence-electron chi connectivity index (χ3n) is 2.63. The van der Waals surface area contributed by atoms with E-state index in [-0.39, 0.29) is 5.69 Å². The Balaban J connectivity index is 2.04. The summed E-state index contributed by atoms with van der Waals surface area (Å²) in [7, 11) is 0. The Bertz CT molecular complexity index is 672. The van der Waals surface area contributed by atoms with E-state index in [9.17, 15) is 26.7 Å². The highest BCUT2D eigenvalue weighted by Gasteiger charge is 2.61. The largest absolute Gasteiger partial charge is 0.499 e. The summed E-state index contributed by atoms with van der Waals surface area (Å²) in [5.74, 6) is -1.17. The molecule has 9 heteroatoms. The highest BCUT2D eigenvalue weighted by atomic mass is 19.4. The van der Waals surface area contributed by atoms with Crippen LogP contribution in [0.1, 0.15) is 10.4 Å². The maximum atomic E-state index is 12.7. The van der Waals surface area contributed by atoms with E-state index in [1.807, 2.05) is 0 Å². The Kier molecular flexibility index (Phi) is 4.48. The van der Waals surface area contributed by atoms with Gasteiger partial charge in [-0.05, 0) is 36.4 Å². The fraction of sp³-hybridized carbons (Fsp3) is 0.143. The summed E-state index contributed by atoms with van der Waals surface area (Å²) in [5.41, 5.74) is 0.512. The van der Waals surface area contributed by atoms with Crippen LogP contribution in [-0.4, -0.2) is 23.2 Å². The molecule has 0 unspecified atom stereocenters. The predicted molar refractivity (Wildman–Crippen MR) is 70.3 cm³/mol. The minimum atomic E-state index is -5.82. The van der Waals surface area contributed by atoms with Crippen molar-refractivity contribution in [1.82, 2.24) is 4.98 Å². The van der Waals surface area contributed by atoms with Crippen molar-refractivity contribution in [3.05, 3.63) is 54.4 Å². The van der Waals surface area contributed by atoms with Crippen LogP contribution in [0.4, 0.5) is 27.6 Å². The van der Waals surface area contributed by atoms with Crippen LogP contribution in [0.25, 0.3) is 0 Å². The van der Waals surface area contributed by atoms with Gasteiger partial charge in [-0.25, -0.2) is 0 Å². The molecule has 0 aliphatic heterocycles. The molecule has 0 aliphatic rings. The van der Waals surface area contributed by atoms with Crippen molar-refractivity contribution in [1.29, 1.82) is 0 Å². The smallest absolute Gasteiger partial charge is 0.426 e. The van der Waals surface area contributed by atoms with Crippen LogP contribution in [0, 0.1) is 0 Å². The van der Waals surface area contributed by atoms with Gasteiger partial charge in [0.15, 0.2) is 0 Å². The van der Waals surface area contributed by atoms with Crippen molar-refractivity contribution < 1.29 is 31.5 Å². The quantitative estimate of drug-likeness (QED) is 0.865. The Morgan fingerprint density at radius 2 is 1.52 bits per heavy atom. The number of alkyl halides is 5. The molecule has 0 bridgehead atoms. The fourth-order valence-electron chi connectivity index (χ4n) is 1.52. The molecule has 1 amide bonds. The summed E-state index contributed by atoms with van der Waals surface area (Å²) < 4.78 is 65.1. The van der Waals surface area contributed by atoms with E-state index < -0.39 is 23.9 Å². The molecule has 0 fully saturated rings. The van der Waals surface area contributed by atoms with Gasteiger partial charge in [0.05, 0.1) is 0 Å². The van der Waals surface area contributed by atoms with Gasteiger partial charge in [0, 0.05) is 23.6 Å². The monoisotopic (exact) mass is 332 g/mol. The van der Waals surface area contributed by atoms with Gasteiger partial charge in [0.2, 0.25) is 0 Å². The Morgan fingerprint density at radius 1 is 0.957 bits per heavy atom. The second-order valence-electron chi connectivity index (χ2n) is 4.33. The van der Waals surface area contributed by atoms with Gasteiger partial charge in [-0.1, -0.05) is 0 Å². The summed E-state index contributed by atoms with van der Waals surface area (Å²) in [6.45, 7) is 0. The van der Waals surface area contributed by atoms with Gasteiger partial charge >= 0.3 is 12.3 Å². The van der Waals surface area contributed by atoms with Crippen molar-refractivity contribution in [2.45, 2.75) is 12.3 Å². The highest BCUT2D eigenvalue weighted by molar-refractivity contribution is 6.04. The SMILES string of the molecule is O=C(Nc1ccc(OC(F)(F)C(F)(F)F)cc1)c1ccncc1. The fourth-order valence-corrected chi connectivity index (χ4v) is 1.52. The van der Waals surface area contributed by atoms with Crippen molar-refractivity contribution in [3.63, 3.8) is 0 Å². The maximum Gasteiger partial charge on any atom is 0.499 e. The molecule has 0 saturated heterocycles. The minimum absolute atomic E-state index is 0.203. The van der Waals surface area contributed by atoms with E-state index in [0.717, 1.165) is 24.3 Å². The van der Waals surface area contributed by atoms with Crippen LogP contribution in [0.3, 0.4) is 0 Å². The number of nitrogens with one attached hydrogen (secondary N) is 1.